The van der Waals surface area contributed by atoms with Gasteiger partial charge in [-0.05, 0) is 11.5 Å². The lowest BCUT2D eigenvalue weighted by atomic mass is 9.89. The van der Waals surface area contributed by atoms with Crippen LogP contribution in [0.15, 0.2) is 12.3 Å². The molecule has 0 unspecified atom stereocenters. The van der Waals surface area contributed by atoms with Crippen molar-refractivity contribution >= 4 is 0 Å². The number of hydrogen-bond acceptors (Lipinski definition) is 1. The van der Waals surface area contributed by atoms with E-state index < -0.39 is 0 Å². The zero-order valence-corrected chi connectivity index (χ0v) is 6.60. The van der Waals surface area contributed by atoms with Crippen molar-refractivity contribution in [1.29, 1.82) is 0 Å². The van der Waals surface area contributed by atoms with Gasteiger partial charge in [-0.15, -0.1) is 0 Å². The third-order valence-electron chi connectivity index (χ3n) is 1.53. The van der Waals surface area contributed by atoms with E-state index in [1.165, 1.54) is 0 Å². The van der Waals surface area contributed by atoms with E-state index in [-0.39, 0.29) is 11.3 Å². The summed E-state index contributed by atoms with van der Waals surface area (Å²) in [5.74, 6) is 0.285. The molecule has 2 nitrogen and oxygen atoms in total. The van der Waals surface area contributed by atoms with Gasteiger partial charge in [-0.1, -0.05) is 20.8 Å². The van der Waals surface area contributed by atoms with Crippen LogP contribution in [0.4, 0.5) is 0 Å². The van der Waals surface area contributed by atoms with Gasteiger partial charge in [0.15, 0.2) is 5.88 Å². The molecule has 0 radical (unpaired) electrons. The average Bonchev–Trinajstić information content (AvgIpc) is 2.11. The molecule has 1 rings (SSSR count). The fourth-order valence-electron chi connectivity index (χ4n) is 0.966. The number of aromatic nitrogens is 1. The van der Waals surface area contributed by atoms with E-state index in [9.17, 15) is 5.11 Å². The molecular formula is C8H13NO. The Balaban J connectivity index is 3.05. The third kappa shape index (κ3) is 1.15. The summed E-state index contributed by atoms with van der Waals surface area (Å²) in [5, 5.41) is 9.23. The van der Waals surface area contributed by atoms with E-state index in [0.717, 1.165) is 5.56 Å². The van der Waals surface area contributed by atoms with Gasteiger partial charge < -0.3 is 10.1 Å². The Labute approximate surface area is 60.9 Å². The Morgan fingerprint density at radius 3 is 2.20 bits per heavy atom. The SMILES string of the molecule is CC(C)(C)c1cc[nH]c1O. The lowest BCUT2D eigenvalue weighted by Crippen LogP contribution is -2.09. The maximum Gasteiger partial charge on any atom is 0.192 e. The second kappa shape index (κ2) is 2.04. The van der Waals surface area contributed by atoms with Crippen LogP contribution in [0.5, 0.6) is 5.88 Å². The van der Waals surface area contributed by atoms with Crippen LogP contribution in [0.25, 0.3) is 0 Å². The quantitative estimate of drug-likeness (QED) is 0.566. The molecular weight excluding hydrogens is 126 g/mol. The maximum atomic E-state index is 9.23. The first-order chi connectivity index (χ1) is 4.52. The highest BCUT2D eigenvalue weighted by atomic mass is 16.3. The molecule has 2 N–H and O–H groups in total. The maximum absolute atomic E-state index is 9.23. The summed E-state index contributed by atoms with van der Waals surface area (Å²) >= 11 is 0. The zero-order valence-electron chi connectivity index (χ0n) is 6.60. The summed E-state index contributed by atoms with van der Waals surface area (Å²) in [4.78, 5) is 2.73. The number of aromatic amines is 1. The fourth-order valence-corrected chi connectivity index (χ4v) is 0.966. The summed E-state index contributed by atoms with van der Waals surface area (Å²) in [5.41, 5.74) is 0.997. The van der Waals surface area contributed by atoms with E-state index in [0.29, 0.717) is 0 Å². The predicted molar refractivity (Wildman–Crippen MR) is 41.2 cm³/mol. The standard InChI is InChI=1S/C8H13NO/c1-8(2,3)6-4-5-9-7(6)10/h4-5,9-10H,1-3H3. The monoisotopic (exact) mass is 139 g/mol. The van der Waals surface area contributed by atoms with Gasteiger partial charge >= 0.3 is 0 Å². The van der Waals surface area contributed by atoms with E-state index >= 15 is 0 Å². The predicted octanol–water partition coefficient (Wildman–Crippen LogP) is 2.02. The van der Waals surface area contributed by atoms with E-state index in [4.69, 9.17) is 0 Å². The minimum absolute atomic E-state index is 0.0318. The van der Waals surface area contributed by atoms with Crippen LogP contribution in [0.1, 0.15) is 26.3 Å². The van der Waals surface area contributed by atoms with Gasteiger partial charge in [0.1, 0.15) is 0 Å². The van der Waals surface area contributed by atoms with Crippen molar-refractivity contribution in [3.63, 3.8) is 0 Å². The molecule has 0 aliphatic rings. The first kappa shape index (κ1) is 7.19. The molecule has 0 saturated carbocycles. The summed E-state index contributed by atoms with van der Waals surface area (Å²) in [7, 11) is 0. The third-order valence-corrected chi connectivity index (χ3v) is 1.53. The van der Waals surface area contributed by atoms with Crippen molar-refractivity contribution < 1.29 is 5.11 Å². The van der Waals surface area contributed by atoms with E-state index in [1.54, 1.807) is 6.20 Å². The van der Waals surface area contributed by atoms with Crippen LogP contribution in [-0.4, -0.2) is 10.1 Å². The van der Waals surface area contributed by atoms with E-state index in [1.807, 2.05) is 6.07 Å². The van der Waals surface area contributed by atoms with Gasteiger partial charge in [0, 0.05) is 11.8 Å². The molecule has 56 valence electrons. The molecule has 0 fully saturated rings. The number of aromatic hydroxyl groups is 1. The minimum atomic E-state index is 0.0318. The molecule has 0 saturated heterocycles. The molecule has 10 heavy (non-hydrogen) atoms. The van der Waals surface area contributed by atoms with Gasteiger partial charge in [0.05, 0.1) is 0 Å². The molecule has 0 atom stereocenters. The van der Waals surface area contributed by atoms with Crippen LogP contribution >= 0.6 is 0 Å². The Morgan fingerprint density at radius 2 is 2.00 bits per heavy atom. The van der Waals surface area contributed by atoms with Crippen molar-refractivity contribution in [3.8, 4) is 5.88 Å². The molecule has 1 heterocycles. The van der Waals surface area contributed by atoms with Crippen molar-refractivity contribution in [2.45, 2.75) is 26.2 Å². The number of rotatable bonds is 0. The lowest BCUT2D eigenvalue weighted by molar-refractivity contribution is 0.432. The number of hydrogen-bond donors (Lipinski definition) is 2. The highest BCUT2D eigenvalue weighted by molar-refractivity contribution is 5.31. The first-order valence-corrected chi connectivity index (χ1v) is 3.38. The average molecular weight is 139 g/mol. The van der Waals surface area contributed by atoms with Crippen LogP contribution < -0.4 is 0 Å². The topological polar surface area (TPSA) is 36.0 Å². The highest BCUT2D eigenvalue weighted by Gasteiger charge is 2.17. The summed E-state index contributed by atoms with van der Waals surface area (Å²) in [6.07, 6.45) is 1.75. The summed E-state index contributed by atoms with van der Waals surface area (Å²) in [6, 6.07) is 1.90. The Morgan fingerprint density at radius 1 is 1.40 bits per heavy atom. The van der Waals surface area contributed by atoms with Crippen molar-refractivity contribution in [1.82, 2.24) is 4.98 Å². The van der Waals surface area contributed by atoms with Crippen molar-refractivity contribution in [3.05, 3.63) is 17.8 Å². The van der Waals surface area contributed by atoms with Crippen LogP contribution in [-0.2, 0) is 5.41 Å². The van der Waals surface area contributed by atoms with Gasteiger partial charge in [0.2, 0.25) is 0 Å². The van der Waals surface area contributed by atoms with Gasteiger partial charge in [-0.25, -0.2) is 0 Å². The Bertz CT molecular complexity index is 219. The molecule has 0 aliphatic heterocycles. The molecule has 0 bridgehead atoms. The second-order valence-corrected chi connectivity index (χ2v) is 3.49. The lowest BCUT2D eigenvalue weighted by Gasteiger charge is -2.16. The number of H-pyrrole nitrogens is 1. The Kier molecular flexibility index (Phi) is 1.47. The largest absolute Gasteiger partial charge is 0.494 e. The smallest absolute Gasteiger partial charge is 0.192 e. The van der Waals surface area contributed by atoms with Crippen molar-refractivity contribution in [2.75, 3.05) is 0 Å². The van der Waals surface area contributed by atoms with Crippen LogP contribution in [0.3, 0.4) is 0 Å². The molecule has 0 aromatic carbocycles. The summed E-state index contributed by atoms with van der Waals surface area (Å²) in [6.45, 7) is 6.20. The fraction of sp³-hybridized carbons (Fsp3) is 0.500. The molecule has 0 spiro atoms. The summed E-state index contributed by atoms with van der Waals surface area (Å²) < 4.78 is 0. The molecule has 0 amide bonds. The highest BCUT2D eigenvalue weighted by Crippen LogP contribution is 2.28. The molecule has 1 aromatic rings. The van der Waals surface area contributed by atoms with Crippen LogP contribution in [0.2, 0.25) is 0 Å². The minimum Gasteiger partial charge on any atom is -0.494 e. The zero-order chi connectivity index (χ0) is 7.78. The van der Waals surface area contributed by atoms with Gasteiger partial charge in [-0.3, -0.25) is 0 Å². The normalized spacial score (nSPS) is 11.9. The molecule has 0 aliphatic carbocycles. The van der Waals surface area contributed by atoms with Gasteiger partial charge in [0.25, 0.3) is 0 Å². The molecule has 2 heteroatoms. The van der Waals surface area contributed by atoms with E-state index in [2.05, 4.69) is 25.8 Å². The second-order valence-electron chi connectivity index (χ2n) is 3.49. The molecule has 1 aromatic heterocycles. The first-order valence-electron chi connectivity index (χ1n) is 3.38. The van der Waals surface area contributed by atoms with Crippen molar-refractivity contribution in [2.24, 2.45) is 0 Å². The van der Waals surface area contributed by atoms with Gasteiger partial charge in [-0.2, -0.15) is 0 Å². The Hall–Kier alpha value is -0.920. The number of nitrogens with one attached hydrogen (secondary N) is 1. The van der Waals surface area contributed by atoms with Crippen LogP contribution in [0, 0.1) is 0 Å².